The van der Waals surface area contributed by atoms with Crippen LogP contribution in [0.1, 0.15) is 12.5 Å². The Balaban J connectivity index is 2.44. The van der Waals surface area contributed by atoms with E-state index < -0.39 is 7.05 Å². The lowest BCUT2D eigenvalue weighted by Gasteiger charge is -2.23. The lowest BCUT2D eigenvalue weighted by atomic mass is 9.70. The van der Waals surface area contributed by atoms with Gasteiger partial charge in [0.25, 0.3) is 0 Å². The summed E-state index contributed by atoms with van der Waals surface area (Å²) in [5.74, 6) is -0.275. The lowest BCUT2D eigenvalue weighted by molar-refractivity contribution is -0.125. The summed E-state index contributed by atoms with van der Waals surface area (Å²) in [6.45, 7) is 1.37. The molecule has 1 N–H and O–H groups in total. The number of amides is 1. The van der Waals surface area contributed by atoms with Crippen LogP contribution in [0.25, 0.3) is 0 Å². The third kappa shape index (κ3) is 1.31. The van der Waals surface area contributed by atoms with E-state index in [2.05, 4.69) is 5.10 Å². The van der Waals surface area contributed by atoms with E-state index in [0.717, 1.165) is 10.5 Å². The number of rotatable bonds is 0. The van der Waals surface area contributed by atoms with Crippen LogP contribution in [0.4, 0.5) is 0 Å². The van der Waals surface area contributed by atoms with Crippen molar-refractivity contribution >= 4 is 24.6 Å². The molecule has 0 aliphatic carbocycles. The zero-order valence-electron chi connectivity index (χ0n) is 7.71. The molecule has 1 heterocycles. The summed E-state index contributed by atoms with van der Waals surface area (Å²) < 4.78 is 0. The Morgan fingerprint density at radius 2 is 2.21 bits per heavy atom. The summed E-state index contributed by atoms with van der Waals surface area (Å²) in [7, 11) is -0.964. The Labute approximate surface area is 82.0 Å². The molecule has 1 aromatic rings. The molecular formula is C9H9BN2O2. The molecule has 0 bridgehead atoms. The van der Waals surface area contributed by atoms with Gasteiger partial charge in [-0.3, -0.25) is 4.79 Å². The first-order valence-corrected chi connectivity index (χ1v) is 4.31. The standard InChI is InChI=1S/C9H9BN2O2/c1-7(13)12-10(14)9-5-3-2-4-8(9)6-11-12/h2-6,14H,1H3. The number of benzene rings is 1. The fraction of sp³-hybridized carbons (Fsp3) is 0.111. The number of nitrogens with zero attached hydrogens (tertiary/aromatic N) is 2. The quantitative estimate of drug-likeness (QED) is 0.561. The second-order valence-corrected chi connectivity index (χ2v) is 3.11. The van der Waals surface area contributed by atoms with Gasteiger partial charge in [0.15, 0.2) is 0 Å². The molecule has 0 radical (unpaired) electrons. The van der Waals surface area contributed by atoms with Gasteiger partial charge in [0.1, 0.15) is 0 Å². The molecule has 1 aliphatic heterocycles. The molecule has 2 rings (SSSR count). The van der Waals surface area contributed by atoms with Crippen molar-refractivity contribution in [2.75, 3.05) is 0 Å². The largest absolute Gasteiger partial charge is 0.474 e. The van der Waals surface area contributed by atoms with Crippen molar-refractivity contribution in [1.82, 2.24) is 4.92 Å². The van der Waals surface area contributed by atoms with Crippen molar-refractivity contribution in [3.63, 3.8) is 0 Å². The van der Waals surface area contributed by atoms with Crippen LogP contribution in [0.15, 0.2) is 29.4 Å². The molecule has 14 heavy (non-hydrogen) atoms. The van der Waals surface area contributed by atoms with Crippen molar-refractivity contribution in [2.45, 2.75) is 6.92 Å². The average molecular weight is 188 g/mol. The number of carbonyl (C=O) groups is 1. The van der Waals surface area contributed by atoms with Crippen molar-refractivity contribution in [2.24, 2.45) is 5.10 Å². The zero-order valence-corrected chi connectivity index (χ0v) is 7.71. The number of hydrazone groups is 1. The molecule has 0 unspecified atom stereocenters. The van der Waals surface area contributed by atoms with Gasteiger partial charge in [-0.05, 0) is 11.0 Å². The minimum Gasteiger partial charge on any atom is -0.427 e. The molecule has 70 valence electrons. The van der Waals surface area contributed by atoms with Gasteiger partial charge < -0.3 is 5.02 Å². The van der Waals surface area contributed by atoms with Crippen LogP contribution < -0.4 is 5.46 Å². The summed E-state index contributed by atoms with van der Waals surface area (Å²) in [5.41, 5.74) is 1.55. The summed E-state index contributed by atoms with van der Waals surface area (Å²) in [4.78, 5) is 12.1. The summed E-state index contributed by atoms with van der Waals surface area (Å²) in [6.07, 6.45) is 1.57. The molecule has 0 aromatic heterocycles. The first kappa shape index (κ1) is 8.96. The van der Waals surface area contributed by atoms with E-state index in [9.17, 15) is 9.82 Å². The third-order valence-corrected chi connectivity index (χ3v) is 2.15. The molecule has 5 heteroatoms. The van der Waals surface area contributed by atoms with Crippen molar-refractivity contribution in [3.8, 4) is 0 Å². The Bertz CT molecular complexity index is 406. The highest BCUT2D eigenvalue weighted by Crippen LogP contribution is 2.05. The van der Waals surface area contributed by atoms with E-state index in [0.29, 0.717) is 5.46 Å². The predicted molar refractivity (Wildman–Crippen MR) is 54.2 cm³/mol. The van der Waals surface area contributed by atoms with Crippen molar-refractivity contribution < 1.29 is 9.82 Å². The van der Waals surface area contributed by atoms with Crippen molar-refractivity contribution in [1.29, 1.82) is 0 Å². The highest BCUT2D eigenvalue weighted by atomic mass is 16.2. The molecule has 0 atom stereocenters. The minimum atomic E-state index is -0.964. The van der Waals surface area contributed by atoms with Gasteiger partial charge in [0.05, 0.1) is 6.21 Å². The Morgan fingerprint density at radius 1 is 1.50 bits per heavy atom. The van der Waals surface area contributed by atoms with Crippen molar-refractivity contribution in [3.05, 3.63) is 29.8 Å². The van der Waals surface area contributed by atoms with Crippen LogP contribution in [-0.2, 0) is 4.79 Å². The Kier molecular flexibility index (Phi) is 2.09. The van der Waals surface area contributed by atoms with E-state index in [1.165, 1.54) is 6.92 Å². The van der Waals surface area contributed by atoms with E-state index in [1.54, 1.807) is 12.3 Å². The van der Waals surface area contributed by atoms with E-state index in [-0.39, 0.29) is 5.91 Å². The van der Waals surface area contributed by atoms with Crippen LogP contribution in [0.3, 0.4) is 0 Å². The van der Waals surface area contributed by atoms with Crippen LogP contribution in [0, 0.1) is 0 Å². The van der Waals surface area contributed by atoms with Crippen LogP contribution in [0.5, 0.6) is 0 Å². The van der Waals surface area contributed by atoms with Gasteiger partial charge in [-0.15, -0.1) is 0 Å². The first-order valence-electron chi connectivity index (χ1n) is 4.31. The Hall–Kier alpha value is -1.62. The number of hydrogen-bond acceptors (Lipinski definition) is 3. The number of fused-ring (bicyclic) bond motifs is 1. The predicted octanol–water partition coefficient (Wildman–Crippen LogP) is -0.430. The molecule has 0 saturated heterocycles. The number of hydrogen-bond donors (Lipinski definition) is 1. The first-order chi connectivity index (χ1) is 6.70. The van der Waals surface area contributed by atoms with Gasteiger partial charge >= 0.3 is 7.05 Å². The maximum Gasteiger partial charge on any atom is 0.474 e. The third-order valence-electron chi connectivity index (χ3n) is 2.15. The van der Waals surface area contributed by atoms with Crippen LogP contribution >= 0.6 is 0 Å². The van der Waals surface area contributed by atoms with Gasteiger partial charge in [-0.1, -0.05) is 24.3 Å². The van der Waals surface area contributed by atoms with E-state index in [4.69, 9.17) is 0 Å². The normalized spacial score (nSPS) is 14.1. The molecule has 1 aromatic carbocycles. The monoisotopic (exact) mass is 188 g/mol. The maximum atomic E-state index is 11.1. The van der Waals surface area contributed by atoms with Gasteiger partial charge in [-0.25, -0.2) is 4.92 Å². The molecule has 1 amide bonds. The summed E-state index contributed by atoms with van der Waals surface area (Å²) in [6, 6.07) is 7.31. The second kappa shape index (κ2) is 3.27. The van der Waals surface area contributed by atoms with Gasteiger partial charge in [-0.2, -0.15) is 5.10 Å². The summed E-state index contributed by atoms with van der Waals surface area (Å²) >= 11 is 0. The van der Waals surface area contributed by atoms with E-state index >= 15 is 0 Å². The zero-order chi connectivity index (χ0) is 10.1. The fourth-order valence-corrected chi connectivity index (χ4v) is 1.44. The molecule has 1 aliphatic rings. The average Bonchev–Trinajstić information content (AvgIpc) is 2.18. The topological polar surface area (TPSA) is 52.9 Å². The SMILES string of the molecule is CC(=O)N1N=Cc2ccccc2B1O. The molecule has 0 fully saturated rings. The highest BCUT2D eigenvalue weighted by molar-refractivity contribution is 6.67. The molecule has 0 spiro atoms. The molecule has 0 saturated carbocycles. The van der Waals surface area contributed by atoms with Crippen LogP contribution in [-0.4, -0.2) is 29.1 Å². The highest BCUT2D eigenvalue weighted by Gasteiger charge is 2.30. The number of carbonyl (C=O) groups excluding carboxylic acids is 1. The smallest absolute Gasteiger partial charge is 0.427 e. The van der Waals surface area contributed by atoms with E-state index in [1.807, 2.05) is 18.2 Å². The summed E-state index contributed by atoms with van der Waals surface area (Å²) in [5, 5.41) is 13.6. The second-order valence-electron chi connectivity index (χ2n) is 3.11. The lowest BCUT2D eigenvalue weighted by Crippen LogP contribution is -2.51. The Morgan fingerprint density at radius 3 is 2.93 bits per heavy atom. The van der Waals surface area contributed by atoms with Crippen LogP contribution in [0.2, 0.25) is 0 Å². The minimum absolute atomic E-state index is 0.275. The molecular weight excluding hydrogens is 179 g/mol. The molecule has 4 nitrogen and oxygen atoms in total. The van der Waals surface area contributed by atoms with Gasteiger partial charge in [0.2, 0.25) is 5.91 Å². The fourth-order valence-electron chi connectivity index (χ4n) is 1.44. The van der Waals surface area contributed by atoms with Gasteiger partial charge in [0, 0.05) is 6.92 Å². The maximum absolute atomic E-state index is 11.1.